The van der Waals surface area contributed by atoms with E-state index in [2.05, 4.69) is 10.4 Å². The molecule has 4 aromatic rings. The van der Waals surface area contributed by atoms with Gasteiger partial charge in [-0.05, 0) is 42.8 Å². The van der Waals surface area contributed by atoms with Crippen LogP contribution in [0.15, 0.2) is 95.9 Å². The van der Waals surface area contributed by atoms with Crippen molar-refractivity contribution >= 4 is 29.4 Å². The lowest BCUT2D eigenvalue weighted by Gasteiger charge is -2.21. The van der Waals surface area contributed by atoms with Crippen molar-refractivity contribution in [1.82, 2.24) is 14.7 Å². The zero-order valence-electron chi connectivity index (χ0n) is 19.9. The average Bonchev–Trinajstić information content (AvgIpc) is 3.32. The molecule has 1 aromatic heterocycles. The molecule has 0 spiro atoms. The molecule has 0 aliphatic heterocycles. The molecular weight excluding hydrogens is 475 g/mol. The van der Waals surface area contributed by atoms with Crippen LogP contribution in [0, 0.1) is 5.82 Å². The minimum absolute atomic E-state index is 0.0721. The lowest BCUT2D eigenvalue weighted by atomic mass is 10.1. The Morgan fingerprint density at radius 1 is 0.972 bits per heavy atom. The summed E-state index contributed by atoms with van der Waals surface area (Å²) in [5.74, 6) is -0.0969. The second-order valence-corrected chi connectivity index (χ2v) is 9.18. The Bertz CT molecular complexity index is 1290. The van der Waals surface area contributed by atoms with Gasteiger partial charge in [0.25, 0.3) is 0 Å². The van der Waals surface area contributed by atoms with E-state index in [0.29, 0.717) is 23.7 Å². The molecule has 1 N–H and O–H groups in total. The monoisotopic (exact) mass is 502 g/mol. The number of carbonyl (C=O) groups is 2. The molecule has 0 atom stereocenters. The van der Waals surface area contributed by atoms with Crippen molar-refractivity contribution in [2.24, 2.45) is 0 Å². The first-order valence-corrected chi connectivity index (χ1v) is 12.7. The van der Waals surface area contributed by atoms with E-state index in [1.807, 2.05) is 67.6 Å². The van der Waals surface area contributed by atoms with E-state index in [1.165, 1.54) is 23.9 Å². The Labute approximate surface area is 214 Å². The molecule has 2 amide bonds. The largest absolute Gasteiger partial charge is 0.333 e. The van der Waals surface area contributed by atoms with Crippen molar-refractivity contribution in [2.45, 2.75) is 18.2 Å². The second-order valence-electron chi connectivity index (χ2n) is 8.13. The summed E-state index contributed by atoms with van der Waals surface area (Å²) < 4.78 is 15.1. The SMILES string of the molecule is CCCN(CC(=O)Nc1cc(-c2ccccc2)nn1-c1ccc(F)cc1)C(=O)CSc1ccccc1. The Hall–Kier alpha value is -3.91. The van der Waals surface area contributed by atoms with Gasteiger partial charge < -0.3 is 10.2 Å². The summed E-state index contributed by atoms with van der Waals surface area (Å²) in [7, 11) is 0. The Balaban J connectivity index is 1.51. The molecule has 8 heteroatoms. The topological polar surface area (TPSA) is 67.2 Å². The number of nitrogens with zero attached hydrogens (tertiary/aromatic N) is 3. The van der Waals surface area contributed by atoms with Crippen LogP contribution in [-0.2, 0) is 9.59 Å². The maximum Gasteiger partial charge on any atom is 0.245 e. The highest BCUT2D eigenvalue weighted by Gasteiger charge is 2.19. The standard InChI is InChI=1S/C28H27FN4O2S/c1-2-17-32(28(35)20-36-24-11-7-4-8-12-24)19-27(34)30-26-18-25(21-9-5-3-6-10-21)31-33(26)23-15-13-22(29)14-16-23/h3-16,18H,2,17,19-20H2,1H3,(H,30,34). The summed E-state index contributed by atoms with van der Waals surface area (Å²) in [5.41, 5.74) is 2.15. The summed E-state index contributed by atoms with van der Waals surface area (Å²) in [5, 5.41) is 7.54. The molecule has 0 fully saturated rings. The van der Waals surface area contributed by atoms with E-state index < -0.39 is 0 Å². The highest BCUT2D eigenvalue weighted by molar-refractivity contribution is 8.00. The molecule has 0 radical (unpaired) electrons. The molecular formula is C28H27FN4O2S. The summed E-state index contributed by atoms with van der Waals surface area (Å²) in [6, 6.07) is 26.9. The van der Waals surface area contributed by atoms with Crippen LogP contribution in [0.5, 0.6) is 0 Å². The molecule has 0 saturated carbocycles. The van der Waals surface area contributed by atoms with Gasteiger partial charge in [-0.1, -0.05) is 55.5 Å². The predicted octanol–water partition coefficient (Wildman–Crippen LogP) is 5.65. The number of thioether (sulfide) groups is 1. The van der Waals surface area contributed by atoms with Crippen LogP contribution in [0.3, 0.4) is 0 Å². The molecule has 0 unspecified atom stereocenters. The quantitative estimate of drug-likeness (QED) is 0.285. The molecule has 184 valence electrons. The number of aromatic nitrogens is 2. The fraction of sp³-hybridized carbons (Fsp3) is 0.179. The third-order valence-corrected chi connectivity index (χ3v) is 6.40. The maximum absolute atomic E-state index is 13.5. The van der Waals surface area contributed by atoms with E-state index in [-0.39, 0.29) is 29.9 Å². The summed E-state index contributed by atoms with van der Waals surface area (Å²) >= 11 is 1.45. The maximum atomic E-state index is 13.5. The van der Waals surface area contributed by atoms with Crippen LogP contribution in [0.25, 0.3) is 16.9 Å². The first kappa shape index (κ1) is 25.2. The van der Waals surface area contributed by atoms with Crippen LogP contribution >= 0.6 is 11.8 Å². The van der Waals surface area contributed by atoms with Crippen molar-refractivity contribution in [3.8, 4) is 16.9 Å². The van der Waals surface area contributed by atoms with Crippen molar-refractivity contribution in [1.29, 1.82) is 0 Å². The van der Waals surface area contributed by atoms with Crippen molar-refractivity contribution < 1.29 is 14.0 Å². The summed E-state index contributed by atoms with van der Waals surface area (Å²) in [6.45, 7) is 2.38. The van der Waals surface area contributed by atoms with Crippen molar-refractivity contribution in [3.63, 3.8) is 0 Å². The molecule has 0 aliphatic rings. The number of hydrogen-bond donors (Lipinski definition) is 1. The smallest absolute Gasteiger partial charge is 0.245 e. The van der Waals surface area contributed by atoms with Gasteiger partial charge in [-0.2, -0.15) is 5.10 Å². The number of carbonyl (C=O) groups excluding carboxylic acids is 2. The van der Waals surface area contributed by atoms with Gasteiger partial charge in [-0.3, -0.25) is 9.59 Å². The van der Waals surface area contributed by atoms with Gasteiger partial charge in [-0.25, -0.2) is 9.07 Å². The Morgan fingerprint density at radius 2 is 1.64 bits per heavy atom. The fourth-order valence-electron chi connectivity index (χ4n) is 3.67. The van der Waals surface area contributed by atoms with Crippen LogP contribution in [0.1, 0.15) is 13.3 Å². The van der Waals surface area contributed by atoms with Crippen molar-refractivity contribution in [3.05, 3.63) is 96.8 Å². The third kappa shape index (κ3) is 6.60. The second kappa shape index (κ2) is 12.2. The predicted molar refractivity (Wildman–Crippen MR) is 142 cm³/mol. The third-order valence-electron chi connectivity index (χ3n) is 5.40. The molecule has 0 aliphatic carbocycles. The minimum atomic E-state index is -0.359. The highest BCUT2D eigenvalue weighted by atomic mass is 32.2. The lowest BCUT2D eigenvalue weighted by molar-refractivity contribution is -0.132. The van der Waals surface area contributed by atoms with Crippen LogP contribution < -0.4 is 5.32 Å². The number of benzene rings is 3. The Morgan fingerprint density at radius 3 is 2.31 bits per heavy atom. The summed E-state index contributed by atoms with van der Waals surface area (Å²) in [4.78, 5) is 28.5. The van der Waals surface area contributed by atoms with Crippen molar-refractivity contribution in [2.75, 3.05) is 24.2 Å². The summed E-state index contributed by atoms with van der Waals surface area (Å²) in [6.07, 6.45) is 0.737. The van der Waals surface area contributed by atoms with Crippen LogP contribution in [-0.4, -0.2) is 45.3 Å². The van der Waals surface area contributed by atoms with Gasteiger partial charge in [0.2, 0.25) is 11.8 Å². The highest BCUT2D eigenvalue weighted by Crippen LogP contribution is 2.25. The van der Waals surface area contributed by atoms with Crippen LogP contribution in [0.2, 0.25) is 0 Å². The first-order valence-electron chi connectivity index (χ1n) is 11.7. The number of hydrogen-bond acceptors (Lipinski definition) is 4. The van der Waals surface area contributed by atoms with Gasteiger partial charge in [0, 0.05) is 23.1 Å². The van der Waals surface area contributed by atoms with E-state index >= 15 is 0 Å². The number of amides is 2. The molecule has 6 nitrogen and oxygen atoms in total. The van der Waals surface area contributed by atoms with Crippen LogP contribution in [0.4, 0.5) is 10.2 Å². The van der Waals surface area contributed by atoms with E-state index in [1.54, 1.807) is 27.8 Å². The normalized spacial score (nSPS) is 10.7. The van der Waals surface area contributed by atoms with E-state index in [9.17, 15) is 14.0 Å². The fourth-order valence-corrected chi connectivity index (χ4v) is 4.49. The average molecular weight is 503 g/mol. The lowest BCUT2D eigenvalue weighted by Crippen LogP contribution is -2.39. The molecule has 36 heavy (non-hydrogen) atoms. The molecule has 0 bridgehead atoms. The number of nitrogens with one attached hydrogen (secondary N) is 1. The number of rotatable bonds is 10. The molecule has 1 heterocycles. The molecule has 3 aromatic carbocycles. The van der Waals surface area contributed by atoms with Gasteiger partial charge in [0.15, 0.2) is 0 Å². The van der Waals surface area contributed by atoms with Gasteiger partial charge in [-0.15, -0.1) is 11.8 Å². The zero-order chi connectivity index (χ0) is 25.3. The first-order chi connectivity index (χ1) is 17.5. The zero-order valence-corrected chi connectivity index (χ0v) is 20.7. The number of halogens is 1. The molecule has 0 saturated heterocycles. The Kier molecular flexibility index (Phi) is 8.52. The molecule has 4 rings (SSSR count). The van der Waals surface area contributed by atoms with Gasteiger partial charge in [0.1, 0.15) is 11.6 Å². The van der Waals surface area contributed by atoms with Gasteiger partial charge >= 0.3 is 0 Å². The van der Waals surface area contributed by atoms with E-state index in [0.717, 1.165) is 16.9 Å². The van der Waals surface area contributed by atoms with E-state index in [4.69, 9.17) is 0 Å². The van der Waals surface area contributed by atoms with Gasteiger partial charge in [0.05, 0.1) is 23.7 Å². The number of anilines is 1. The minimum Gasteiger partial charge on any atom is -0.333 e.